The zero-order valence-electron chi connectivity index (χ0n) is 14.1. The van der Waals surface area contributed by atoms with Crippen LogP contribution >= 0.6 is 0 Å². The Morgan fingerprint density at radius 2 is 1.92 bits per heavy atom. The summed E-state index contributed by atoms with van der Waals surface area (Å²) in [5.41, 5.74) is 2.04. The van der Waals surface area contributed by atoms with Gasteiger partial charge in [0.05, 0.1) is 33.1 Å². The molecule has 0 radical (unpaired) electrons. The number of carbonyl (C=O) groups is 1. The van der Waals surface area contributed by atoms with E-state index in [0.717, 1.165) is 11.3 Å². The number of ether oxygens (including phenoxy) is 3. The molecule has 1 amide bonds. The first-order valence-electron chi connectivity index (χ1n) is 7.77. The van der Waals surface area contributed by atoms with Crippen molar-refractivity contribution in [2.24, 2.45) is 7.05 Å². The second kappa shape index (κ2) is 6.92. The maximum atomic E-state index is 12.6. The molecular weight excluding hydrogens is 310 g/mol. The first-order valence-corrected chi connectivity index (χ1v) is 7.77. The maximum absolute atomic E-state index is 12.6. The SMILES string of the molecule is COc1ccc(OC)c(-c2cc(C(=O)N3CCOCC3)nn2C)c1. The van der Waals surface area contributed by atoms with Crippen LogP contribution in [0.5, 0.6) is 11.5 Å². The van der Waals surface area contributed by atoms with E-state index in [2.05, 4.69) is 5.10 Å². The molecule has 2 heterocycles. The summed E-state index contributed by atoms with van der Waals surface area (Å²) < 4.78 is 17.7. The van der Waals surface area contributed by atoms with Crippen LogP contribution in [-0.4, -0.2) is 61.1 Å². The predicted octanol–water partition coefficient (Wildman–Crippen LogP) is 1.58. The molecule has 0 unspecified atom stereocenters. The number of rotatable bonds is 4. The van der Waals surface area contributed by atoms with Crippen LogP contribution in [0.15, 0.2) is 24.3 Å². The lowest BCUT2D eigenvalue weighted by Crippen LogP contribution is -2.40. The summed E-state index contributed by atoms with van der Waals surface area (Å²) in [6.45, 7) is 2.31. The Balaban J connectivity index is 1.95. The molecule has 7 nitrogen and oxygen atoms in total. The minimum atomic E-state index is -0.0815. The Labute approximate surface area is 140 Å². The van der Waals surface area contributed by atoms with Crippen molar-refractivity contribution >= 4 is 5.91 Å². The number of aromatic nitrogens is 2. The lowest BCUT2D eigenvalue weighted by atomic mass is 10.1. The van der Waals surface area contributed by atoms with Gasteiger partial charge in [-0.05, 0) is 24.3 Å². The van der Waals surface area contributed by atoms with E-state index in [0.29, 0.717) is 43.5 Å². The second-order valence-electron chi connectivity index (χ2n) is 5.51. The predicted molar refractivity (Wildman–Crippen MR) is 88.5 cm³/mol. The number of methoxy groups -OCH3 is 2. The molecule has 24 heavy (non-hydrogen) atoms. The van der Waals surface area contributed by atoms with Gasteiger partial charge in [-0.25, -0.2) is 0 Å². The summed E-state index contributed by atoms with van der Waals surface area (Å²) in [5, 5.41) is 4.38. The molecule has 0 aliphatic carbocycles. The highest BCUT2D eigenvalue weighted by Gasteiger charge is 2.23. The maximum Gasteiger partial charge on any atom is 0.274 e. The van der Waals surface area contributed by atoms with Crippen LogP contribution in [0.1, 0.15) is 10.5 Å². The van der Waals surface area contributed by atoms with Crippen molar-refractivity contribution in [3.63, 3.8) is 0 Å². The van der Waals surface area contributed by atoms with Gasteiger partial charge in [-0.1, -0.05) is 0 Å². The highest BCUT2D eigenvalue weighted by Crippen LogP contribution is 2.33. The van der Waals surface area contributed by atoms with E-state index in [1.54, 1.807) is 29.9 Å². The van der Waals surface area contributed by atoms with Crippen molar-refractivity contribution in [1.29, 1.82) is 0 Å². The molecule has 1 aliphatic rings. The van der Waals surface area contributed by atoms with E-state index >= 15 is 0 Å². The number of aryl methyl sites for hydroxylation is 1. The monoisotopic (exact) mass is 331 g/mol. The van der Waals surface area contributed by atoms with E-state index in [9.17, 15) is 4.79 Å². The molecule has 1 aliphatic heterocycles. The van der Waals surface area contributed by atoms with Gasteiger partial charge in [0.2, 0.25) is 0 Å². The third kappa shape index (κ3) is 3.07. The average molecular weight is 331 g/mol. The summed E-state index contributed by atoms with van der Waals surface area (Å²) >= 11 is 0. The van der Waals surface area contributed by atoms with Gasteiger partial charge in [0.25, 0.3) is 5.91 Å². The largest absolute Gasteiger partial charge is 0.497 e. The fourth-order valence-electron chi connectivity index (χ4n) is 2.77. The van der Waals surface area contributed by atoms with Crippen LogP contribution in [0, 0.1) is 0 Å². The summed E-state index contributed by atoms with van der Waals surface area (Å²) in [6, 6.07) is 7.33. The summed E-state index contributed by atoms with van der Waals surface area (Å²) in [7, 11) is 5.04. The van der Waals surface area contributed by atoms with Gasteiger partial charge in [-0.2, -0.15) is 5.10 Å². The van der Waals surface area contributed by atoms with Crippen molar-refractivity contribution in [3.05, 3.63) is 30.0 Å². The molecule has 1 fully saturated rings. The normalized spacial score (nSPS) is 14.5. The number of benzene rings is 1. The standard InChI is InChI=1S/C17H21N3O4/c1-19-15(13-10-12(22-2)4-5-16(13)23-3)11-14(18-19)17(21)20-6-8-24-9-7-20/h4-5,10-11H,6-9H2,1-3H3. The number of carbonyl (C=O) groups excluding carboxylic acids is 1. The van der Waals surface area contributed by atoms with Gasteiger partial charge in [-0.15, -0.1) is 0 Å². The van der Waals surface area contributed by atoms with Crippen LogP contribution in [0.25, 0.3) is 11.3 Å². The van der Waals surface area contributed by atoms with Gasteiger partial charge in [0.15, 0.2) is 5.69 Å². The number of morpholine rings is 1. The van der Waals surface area contributed by atoms with Crippen molar-refractivity contribution < 1.29 is 19.0 Å². The molecule has 2 aromatic rings. The molecule has 0 atom stereocenters. The zero-order chi connectivity index (χ0) is 17.1. The molecule has 1 saturated heterocycles. The Hall–Kier alpha value is -2.54. The average Bonchev–Trinajstić information content (AvgIpc) is 3.02. The molecule has 128 valence electrons. The highest BCUT2D eigenvalue weighted by atomic mass is 16.5. The summed E-state index contributed by atoms with van der Waals surface area (Å²) in [4.78, 5) is 14.4. The third-order valence-electron chi connectivity index (χ3n) is 4.08. The van der Waals surface area contributed by atoms with Gasteiger partial charge >= 0.3 is 0 Å². The molecule has 0 bridgehead atoms. The lowest BCUT2D eigenvalue weighted by molar-refractivity contribution is 0.0298. The van der Waals surface area contributed by atoms with Gasteiger partial charge < -0.3 is 19.1 Å². The number of nitrogens with zero attached hydrogens (tertiary/aromatic N) is 3. The molecule has 3 rings (SSSR count). The van der Waals surface area contributed by atoms with E-state index < -0.39 is 0 Å². The zero-order valence-corrected chi connectivity index (χ0v) is 14.1. The van der Waals surface area contributed by atoms with Crippen LogP contribution in [0.2, 0.25) is 0 Å². The number of amides is 1. The van der Waals surface area contributed by atoms with Gasteiger partial charge in [0, 0.05) is 25.7 Å². The van der Waals surface area contributed by atoms with Gasteiger partial charge in [0.1, 0.15) is 11.5 Å². The van der Waals surface area contributed by atoms with Crippen molar-refractivity contribution in [1.82, 2.24) is 14.7 Å². The highest BCUT2D eigenvalue weighted by molar-refractivity contribution is 5.93. The number of hydrogen-bond acceptors (Lipinski definition) is 5. The molecule has 1 aromatic carbocycles. The smallest absolute Gasteiger partial charge is 0.274 e. The van der Waals surface area contributed by atoms with E-state index in [1.165, 1.54) is 0 Å². The van der Waals surface area contributed by atoms with Crippen LogP contribution in [0.3, 0.4) is 0 Å². The molecule has 7 heteroatoms. The Morgan fingerprint density at radius 3 is 2.58 bits per heavy atom. The van der Waals surface area contributed by atoms with Crippen molar-refractivity contribution in [2.75, 3.05) is 40.5 Å². The van der Waals surface area contributed by atoms with E-state index in [-0.39, 0.29) is 5.91 Å². The molecule has 0 spiro atoms. The molecule has 0 N–H and O–H groups in total. The fourth-order valence-corrected chi connectivity index (χ4v) is 2.77. The van der Waals surface area contributed by atoms with E-state index in [1.807, 2.05) is 25.2 Å². The quantitative estimate of drug-likeness (QED) is 0.851. The first kappa shape index (κ1) is 16.3. The Bertz CT molecular complexity index is 735. The van der Waals surface area contributed by atoms with Crippen LogP contribution in [-0.2, 0) is 11.8 Å². The fraction of sp³-hybridized carbons (Fsp3) is 0.412. The minimum Gasteiger partial charge on any atom is -0.497 e. The van der Waals surface area contributed by atoms with Crippen molar-refractivity contribution in [2.45, 2.75) is 0 Å². The third-order valence-corrected chi connectivity index (χ3v) is 4.08. The summed E-state index contributed by atoms with van der Waals surface area (Å²) in [5.74, 6) is 1.33. The molecular formula is C17H21N3O4. The molecule has 0 saturated carbocycles. The van der Waals surface area contributed by atoms with Crippen LogP contribution in [0.4, 0.5) is 0 Å². The second-order valence-corrected chi connectivity index (χ2v) is 5.51. The van der Waals surface area contributed by atoms with Crippen LogP contribution < -0.4 is 9.47 Å². The Morgan fingerprint density at radius 1 is 1.17 bits per heavy atom. The van der Waals surface area contributed by atoms with Crippen molar-refractivity contribution in [3.8, 4) is 22.8 Å². The van der Waals surface area contributed by atoms with E-state index in [4.69, 9.17) is 14.2 Å². The lowest BCUT2D eigenvalue weighted by Gasteiger charge is -2.25. The minimum absolute atomic E-state index is 0.0815. The summed E-state index contributed by atoms with van der Waals surface area (Å²) in [6.07, 6.45) is 0. The van der Waals surface area contributed by atoms with Gasteiger partial charge in [-0.3, -0.25) is 9.48 Å². The molecule has 1 aromatic heterocycles. The number of hydrogen-bond donors (Lipinski definition) is 0. The first-order chi connectivity index (χ1) is 11.6. The Kier molecular flexibility index (Phi) is 4.71. The topological polar surface area (TPSA) is 65.8 Å².